The van der Waals surface area contributed by atoms with Crippen molar-refractivity contribution in [2.45, 2.75) is 26.4 Å². The lowest BCUT2D eigenvalue weighted by molar-refractivity contribution is -0.385. The Morgan fingerprint density at radius 2 is 2.26 bits per heavy atom. The fraction of sp³-hybridized carbons (Fsp3) is 0.417. The molecule has 0 aliphatic carbocycles. The maximum absolute atomic E-state index is 11.4. The number of carbonyl (C=O) groups is 1. The van der Waals surface area contributed by atoms with E-state index in [2.05, 4.69) is 5.32 Å². The van der Waals surface area contributed by atoms with Gasteiger partial charge in [0.2, 0.25) is 0 Å². The van der Waals surface area contributed by atoms with Crippen LogP contribution in [0.5, 0.6) is 0 Å². The Balaban J connectivity index is 2.74. The number of nitro groups is 1. The molecule has 0 amide bonds. The fourth-order valence-electron chi connectivity index (χ4n) is 1.49. The zero-order valence-electron chi connectivity index (χ0n) is 10.7. The Hall–Kier alpha value is -1.66. The largest absolute Gasteiger partial charge is 0.465 e. The second-order valence-corrected chi connectivity index (χ2v) is 4.32. The summed E-state index contributed by atoms with van der Waals surface area (Å²) in [4.78, 5) is 21.8. The first-order valence-electron chi connectivity index (χ1n) is 5.78. The van der Waals surface area contributed by atoms with Crippen molar-refractivity contribution in [2.24, 2.45) is 0 Å². The number of esters is 1. The van der Waals surface area contributed by atoms with Crippen LogP contribution >= 0.6 is 11.6 Å². The molecule has 1 N–H and O–H groups in total. The molecule has 0 radical (unpaired) electrons. The molecule has 1 aromatic carbocycles. The van der Waals surface area contributed by atoms with Crippen molar-refractivity contribution in [3.63, 3.8) is 0 Å². The first-order chi connectivity index (χ1) is 8.95. The lowest BCUT2D eigenvalue weighted by Gasteiger charge is -2.12. The summed E-state index contributed by atoms with van der Waals surface area (Å²) >= 11 is 5.81. The van der Waals surface area contributed by atoms with E-state index in [1.807, 2.05) is 0 Å². The van der Waals surface area contributed by atoms with Gasteiger partial charge in [0.1, 0.15) is 6.04 Å². The minimum absolute atomic E-state index is 0.0343. The van der Waals surface area contributed by atoms with Crippen LogP contribution in [-0.4, -0.2) is 23.5 Å². The van der Waals surface area contributed by atoms with Gasteiger partial charge in [-0.3, -0.25) is 14.9 Å². The molecule has 1 unspecified atom stereocenters. The Morgan fingerprint density at radius 1 is 1.58 bits per heavy atom. The minimum Gasteiger partial charge on any atom is -0.465 e. The van der Waals surface area contributed by atoms with E-state index >= 15 is 0 Å². The predicted octanol–water partition coefficient (Wildman–Crippen LogP) is 2.29. The SMILES string of the molecule is CCOC(=O)C(C)NCc1cc(Cl)ccc1[N+](=O)[O-]. The molecule has 0 aliphatic heterocycles. The van der Waals surface area contributed by atoms with Crippen LogP contribution in [-0.2, 0) is 16.1 Å². The van der Waals surface area contributed by atoms with Gasteiger partial charge in [-0.25, -0.2) is 0 Å². The molecule has 0 fully saturated rings. The highest BCUT2D eigenvalue weighted by atomic mass is 35.5. The molecule has 0 spiro atoms. The van der Waals surface area contributed by atoms with E-state index in [1.165, 1.54) is 18.2 Å². The van der Waals surface area contributed by atoms with E-state index in [9.17, 15) is 14.9 Å². The van der Waals surface area contributed by atoms with E-state index in [-0.39, 0.29) is 12.2 Å². The highest BCUT2D eigenvalue weighted by molar-refractivity contribution is 6.30. The molecule has 0 saturated heterocycles. The number of hydrogen-bond acceptors (Lipinski definition) is 5. The molecule has 0 heterocycles. The van der Waals surface area contributed by atoms with Crippen LogP contribution < -0.4 is 5.32 Å². The van der Waals surface area contributed by atoms with Crippen LogP contribution in [0.3, 0.4) is 0 Å². The second-order valence-electron chi connectivity index (χ2n) is 3.88. The standard InChI is InChI=1S/C12H15ClN2O4/c1-3-19-12(16)8(2)14-7-9-6-10(13)4-5-11(9)15(17)18/h4-6,8,14H,3,7H2,1-2H3. The van der Waals surface area contributed by atoms with Crippen molar-refractivity contribution < 1.29 is 14.5 Å². The first-order valence-corrected chi connectivity index (χ1v) is 6.16. The summed E-state index contributed by atoms with van der Waals surface area (Å²) in [6.07, 6.45) is 0. The van der Waals surface area contributed by atoms with Crippen LogP contribution in [0.1, 0.15) is 19.4 Å². The number of nitro benzene ring substituents is 1. The number of nitrogens with zero attached hydrogens (tertiary/aromatic N) is 1. The van der Waals surface area contributed by atoms with Gasteiger partial charge in [-0.1, -0.05) is 11.6 Å². The summed E-state index contributed by atoms with van der Waals surface area (Å²) in [5.41, 5.74) is 0.390. The van der Waals surface area contributed by atoms with E-state index in [1.54, 1.807) is 13.8 Å². The third-order valence-corrected chi connectivity index (χ3v) is 2.71. The Morgan fingerprint density at radius 3 is 2.84 bits per heavy atom. The quantitative estimate of drug-likeness (QED) is 0.493. The zero-order chi connectivity index (χ0) is 14.4. The number of halogens is 1. The van der Waals surface area contributed by atoms with Crippen LogP contribution in [0.4, 0.5) is 5.69 Å². The summed E-state index contributed by atoms with van der Waals surface area (Å²) in [7, 11) is 0. The van der Waals surface area contributed by atoms with Crippen molar-refractivity contribution in [3.8, 4) is 0 Å². The van der Waals surface area contributed by atoms with Crippen molar-refractivity contribution >= 4 is 23.3 Å². The number of carbonyl (C=O) groups excluding carboxylic acids is 1. The molecule has 1 aromatic rings. The molecule has 1 atom stereocenters. The predicted molar refractivity (Wildman–Crippen MR) is 71.0 cm³/mol. The Labute approximate surface area is 115 Å². The zero-order valence-corrected chi connectivity index (χ0v) is 11.4. The van der Waals surface area contributed by atoms with Gasteiger partial charge in [-0.05, 0) is 26.0 Å². The smallest absolute Gasteiger partial charge is 0.322 e. The Kier molecular flexibility index (Phi) is 5.72. The highest BCUT2D eigenvalue weighted by Crippen LogP contribution is 2.22. The molecule has 0 aromatic heterocycles. The molecular formula is C12H15ClN2O4. The lowest BCUT2D eigenvalue weighted by atomic mass is 10.1. The van der Waals surface area contributed by atoms with Crippen molar-refractivity contribution in [3.05, 3.63) is 38.9 Å². The van der Waals surface area contributed by atoms with Gasteiger partial charge in [-0.15, -0.1) is 0 Å². The summed E-state index contributed by atoms with van der Waals surface area (Å²) in [6, 6.07) is 3.76. The third-order valence-electron chi connectivity index (χ3n) is 2.48. The molecule has 0 aliphatic rings. The monoisotopic (exact) mass is 286 g/mol. The van der Waals surface area contributed by atoms with E-state index < -0.39 is 16.9 Å². The first kappa shape index (κ1) is 15.4. The average molecular weight is 287 g/mol. The number of nitrogens with one attached hydrogen (secondary N) is 1. The summed E-state index contributed by atoms with van der Waals surface area (Å²) in [6.45, 7) is 3.81. The summed E-state index contributed by atoms with van der Waals surface area (Å²) in [5.74, 6) is -0.396. The van der Waals surface area contributed by atoms with Crippen molar-refractivity contribution in [1.29, 1.82) is 0 Å². The number of ether oxygens (including phenoxy) is 1. The van der Waals surface area contributed by atoms with E-state index in [4.69, 9.17) is 16.3 Å². The number of benzene rings is 1. The number of rotatable bonds is 6. The van der Waals surface area contributed by atoms with E-state index in [0.717, 1.165) is 0 Å². The molecule has 0 bridgehead atoms. The summed E-state index contributed by atoms with van der Waals surface area (Å²) < 4.78 is 4.83. The number of hydrogen-bond donors (Lipinski definition) is 1. The molecule has 6 nitrogen and oxygen atoms in total. The maximum atomic E-state index is 11.4. The molecule has 19 heavy (non-hydrogen) atoms. The van der Waals surface area contributed by atoms with Gasteiger partial charge in [0.05, 0.1) is 11.5 Å². The minimum atomic E-state index is -0.543. The van der Waals surface area contributed by atoms with Crippen molar-refractivity contribution in [1.82, 2.24) is 5.32 Å². The van der Waals surface area contributed by atoms with E-state index in [0.29, 0.717) is 17.2 Å². The van der Waals surface area contributed by atoms with Gasteiger partial charge < -0.3 is 10.1 Å². The topological polar surface area (TPSA) is 81.5 Å². The lowest BCUT2D eigenvalue weighted by Crippen LogP contribution is -2.35. The van der Waals surface area contributed by atoms with Gasteiger partial charge >= 0.3 is 5.97 Å². The highest BCUT2D eigenvalue weighted by Gasteiger charge is 2.17. The molecular weight excluding hydrogens is 272 g/mol. The van der Waals surface area contributed by atoms with Gasteiger partial charge in [0.25, 0.3) is 5.69 Å². The maximum Gasteiger partial charge on any atom is 0.322 e. The van der Waals surface area contributed by atoms with Crippen LogP contribution in [0.2, 0.25) is 5.02 Å². The van der Waals surface area contributed by atoms with Crippen LogP contribution in [0.15, 0.2) is 18.2 Å². The summed E-state index contributed by atoms with van der Waals surface area (Å²) in [5, 5.41) is 14.1. The molecule has 104 valence electrons. The van der Waals surface area contributed by atoms with Crippen LogP contribution in [0, 0.1) is 10.1 Å². The van der Waals surface area contributed by atoms with Crippen molar-refractivity contribution in [2.75, 3.05) is 6.61 Å². The Bertz CT molecular complexity index is 479. The normalized spacial score (nSPS) is 11.9. The van der Waals surface area contributed by atoms with Gasteiger partial charge in [-0.2, -0.15) is 0 Å². The molecule has 0 saturated carbocycles. The van der Waals surface area contributed by atoms with Gasteiger partial charge in [0.15, 0.2) is 0 Å². The molecule has 1 rings (SSSR count). The third kappa shape index (κ3) is 4.50. The van der Waals surface area contributed by atoms with Crippen LogP contribution in [0.25, 0.3) is 0 Å². The average Bonchev–Trinajstić information content (AvgIpc) is 2.35. The van der Waals surface area contributed by atoms with Gasteiger partial charge in [0, 0.05) is 23.2 Å². The second kappa shape index (κ2) is 7.06. The molecule has 7 heteroatoms. The fourth-order valence-corrected chi connectivity index (χ4v) is 1.68.